The summed E-state index contributed by atoms with van der Waals surface area (Å²) in [4.78, 5) is 25.4. The van der Waals surface area contributed by atoms with E-state index in [2.05, 4.69) is 20.3 Å². The van der Waals surface area contributed by atoms with E-state index in [0.29, 0.717) is 16.8 Å². The van der Waals surface area contributed by atoms with Crippen molar-refractivity contribution >= 4 is 17.2 Å². The van der Waals surface area contributed by atoms with Crippen molar-refractivity contribution in [2.24, 2.45) is 0 Å². The van der Waals surface area contributed by atoms with Gasteiger partial charge in [0.2, 0.25) is 0 Å². The first-order chi connectivity index (χ1) is 18.3. The Morgan fingerprint density at radius 2 is 1.74 bits per heavy atom. The van der Waals surface area contributed by atoms with E-state index in [0.717, 1.165) is 6.07 Å². The predicted molar refractivity (Wildman–Crippen MR) is 130 cm³/mol. The fourth-order valence-corrected chi connectivity index (χ4v) is 4.08. The number of amides is 1. The molecule has 0 aliphatic carbocycles. The highest BCUT2D eigenvalue weighted by Crippen LogP contribution is 2.38. The number of anilines is 1. The number of hydrogen-bond donors (Lipinski definition) is 1. The molecule has 1 amide bonds. The third-order valence-corrected chi connectivity index (χ3v) is 5.80. The van der Waals surface area contributed by atoms with Crippen molar-refractivity contribution in [1.82, 2.24) is 19.4 Å². The molecule has 5 rings (SSSR count). The number of pyridine rings is 1. The summed E-state index contributed by atoms with van der Waals surface area (Å²) in [6.07, 6.45) is 0.796. The van der Waals surface area contributed by atoms with Crippen LogP contribution < -0.4 is 5.32 Å². The molecule has 0 bridgehead atoms. The Labute approximate surface area is 213 Å². The maximum absolute atomic E-state index is 15.0. The van der Waals surface area contributed by atoms with Gasteiger partial charge in [0, 0.05) is 29.7 Å². The summed E-state index contributed by atoms with van der Waals surface area (Å²) < 4.78 is 57.8. The number of hydrogen-bond acceptors (Lipinski definition) is 5. The van der Waals surface area contributed by atoms with E-state index in [1.165, 1.54) is 24.7 Å². The van der Waals surface area contributed by atoms with Crippen molar-refractivity contribution in [2.45, 2.75) is 12.6 Å². The van der Waals surface area contributed by atoms with E-state index < -0.39 is 34.6 Å². The van der Waals surface area contributed by atoms with Gasteiger partial charge in [0.25, 0.3) is 5.91 Å². The van der Waals surface area contributed by atoms with Gasteiger partial charge >= 0.3 is 6.18 Å². The molecule has 0 unspecified atom stereocenters. The van der Waals surface area contributed by atoms with Crippen LogP contribution in [-0.4, -0.2) is 25.3 Å². The lowest BCUT2D eigenvalue weighted by Gasteiger charge is -2.16. The van der Waals surface area contributed by atoms with Crippen LogP contribution in [-0.2, 0) is 12.6 Å². The van der Waals surface area contributed by atoms with E-state index in [-0.39, 0.29) is 29.6 Å². The number of carbonyl (C=O) groups excluding carboxylic acids is 1. The third-order valence-electron chi connectivity index (χ3n) is 5.80. The lowest BCUT2D eigenvalue weighted by Crippen LogP contribution is -2.18. The van der Waals surface area contributed by atoms with Crippen LogP contribution in [0.25, 0.3) is 28.2 Å². The summed E-state index contributed by atoms with van der Waals surface area (Å²) >= 11 is 0. The van der Waals surface area contributed by atoms with Gasteiger partial charge in [-0.15, -0.1) is 0 Å². The van der Waals surface area contributed by atoms with Crippen molar-refractivity contribution < 1.29 is 22.4 Å². The summed E-state index contributed by atoms with van der Waals surface area (Å²) in [5.74, 6) is -2.67. The number of nitriles is 1. The minimum atomic E-state index is -4.91. The van der Waals surface area contributed by atoms with Gasteiger partial charge in [-0.05, 0) is 29.8 Å². The molecular formula is C27H16F4N6O. The molecule has 3 aromatic heterocycles. The molecule has 3 heterocycles. The van der Waals surface area contributed by atoms with Gasteiger partial charge < -0.3 is 9.72 Å². The zero-order valence-corrected chi connectivity index (χ0v) is 19.4. The molecule has 38 heavy (non-hydrogen) atoms. The van der Waals surface area contributed by atoms with Gasteiger partial charge in [0.1, 0.15) is 5.82 Å². The summed E-state index contributed by atoms with van der Waals surface area (Å²) in [6, 6.07) is 15.2. The van der Waals surface area contributed by atoms with E-state index in [9.17, 15) is 18.0 Å². The molecular weight excluding hydrogens is 500 g/mol. The number of alkyl halides is 3. The van der Waals surface area contributed by atoms with Gasteiger partial charge in [0.05, 0.1) is 41.2 Å². The number of carbonyl (C=O) groups is 1. The minimum absolute atomic E-state index is 0.0488. The Balaban J connectivity index is 1.65. The molecule has 188 valence electrons. The summed E-state index contributed by atoms with van der Waals surface area (Å²) in [5.41, 5.74) is -0.191. The highest BCUT2D eigenvalue weighted by atomic mass is 19.4. The molecule has 11 heteroatoms. The average Bonchev–Trinajstić information content (AvgIpc) is 3.32. The molecule has 1 N–H and O–H groups in total. The minimum Gasteiger partial charge on any atom is -0.318 e. The smallest absolute Gasteiger partial charge is 0.318 e. The van der Waals surface area contributed by atoms with Crippen LogP contribution in [0.1, 0.15) is 21.6 Å². The summed E-state index contributed by atoms with van der Waals surface area (Å²) in [7, 11) is 0. The molecule has 7 nitrogen and oxygen atoms in total. The first kappa shape index (κ1) is 24.6. The second-order valence-electron chi connectivity index (χ2n) is 8.15. The number of nitrogens with zero attached hydrogens (tertiary/aromatic N) is 5. The number of fused-ring (bicyclic) bond motifs is 1. The van der Waals surface area contributed by atoms with Crippen LogP contribution in [0, 0.1) is 17.1 Å². The molecule has 0 spiro atoms. The molecule has 0 aliphatic rings. The number of halogens is 4. The Morgan fingerprint density at radius 3 is 2.42 bits per heavy atom. The van der Waals surface area contributed by atoms with Crippen molar-refractivity contribution in [2.75, 3.05) is 5.32 Å². The zero-order valence-electron chi connectivity index (χ0n) is 19.4. The fourth-order valence-electron chi connectivity index (χ4n) is 4.08. The second-order valence-corrected chi connectivity index (χ2v) is 8.15. The number of benzene rings is 2. The Hall–Kier alpha value is -5.11. The molecule has 0 aliphatic heterocycles. The molecule has 0 saturated heterocycles. The summed E-state index contributed by atoms with van der Waals surface area (Å²) in [6.45, 7) is 0. The Kier molecular flexibility index (Phi) is 6.30. The quantitative estimate of drug-likeness (QED) is 0.292. The van der Waals surface area contributed by atoms with Crippen molar-refractivity contribution in [1.29, 1.82) is 5.26 Å². The van der Waals surface area contributed by atoms with Crippen molar-refractivity contribution in [3.8, 4) is 28.6 Å². The zero-order chi connectivity index (χ0) is 26.9. The predicted octanol–water partition coefficient (Wildman–Crippen LogP) is 5.93. The molecule has 0 saturated carbocycles. The average molecular weight is 516 g/mol. The monoisotopic (exact) mass is 516 g/mol. The first-order valence-electron chi connectivity index (χ1n) is 11.2. The first-order valence-corrected chi connectivity index (χ1v) is 11.2. The number of imidazole rings is 1. The molecule has 0 fully saturated rings. The second kappa shape index (κ2) is 9.74. The van der Waals surface area contributed by atoms with E-state index >= 15 is 4.39 Å². The Bertz CT molecular complexity index is 1690. The number of aromatic nitrogens is 4. The highest BCUT2D eigenvalue weighted by molar-refractivity contribution is 6.09. The van der Waals surface area contributed by atoms with Crippen LogP contribution in [0.2, 0.25) is 0 Å². The number of nitrogens with one attached hydrogen (secondary N) is 1. The van der Waals surface area contributed by atoms with Crippen LogP contribution in [0.5, 0.6) is 0 Å². The van der Waals surface area contributed by atoms with Crippen LogP contribution in [0.3, 0.4) is 0 Å². The molecule has 0 atom stereocenters. The molecule has 2 aromatic carbocycles. The topological polar surface area (TPSA) is 96.0 Å². The van der Waals surface area contributed by atoms with Crippen molar-refractivity contribution in [3.05, 3.63) is 102 Å². The summed E-state index contributed by atoms with van der Waals surface area (Å²) in [5, 5.41) is 11.8. The Morgan fingerprint density at radius 1 is 1.00 bits per heavy atom. The fraction of sp³-hybridized carbons (Fsp3) is 0.0741. The van der Waals surface area contributed by atoms with Crippen molar-refractivity contribution in [3.63, 3.8) is 0 Å². The van der Waals surface area contributed by atoms with Gasteiger partial charge in [-0.25, -0.2) is 19.3 Å². The van der Waals surface area contributed by atoms with Crippen LogP contribution >= 0.6 is 0 Å². The van der Waals surface area contributed by atoms with Gasteiger partial charge in [-0.1, -0.05) is 30.3 Å². The van der Waals surface area contributed by atoms with Gasteiger partial charge in [0.15, 0.2) is 11.5 Å². The van der Waals surface area contributed by atoms with E-state index in [1.54, 1.807) is 40.9 Å². The largest absolute Gasteiger partial charge is 0.417 e. The van der Waals surface area contributed by atoms with Gasteiger partial charge in [-0.3, -0.25) is 4.79 Å². The van der Waals surface area contributed by atoms with E-state index in [4.69, 9.17) is 5.26 Å². The lowest BCUT2D eigenvalue weighted by molar-refractivity contribution is -0.137. The third kappa shape index (κ3) is 4.55. The normalized spacial score (nSPS) is 11.3. The van der Waals surface area contributed by atoms with Gasteiger partial charge in [-0.2, -0.15) is 18.4 Å². The van der Waals surface area contributed by atoms with Crippen LogP contribution in [0.15, 0.2) is 79.4 Å². The maximum atomic E-state index is 15.0. The maximum Gasteiger partial charge on any atom is 0.417 e. The standard InChI is InChI=1S/C27H16F4N6O/c28-22-14-21(27(29,30)31)19(24-33-10-4-11-34-24)13-20(22)26(38)36-23-18(16-5-2-1-3-6-16)8-12-37-17(7-9-32)15-35-25(23)37/h1-6,8,10-15H,7H2,(H,36,38). The number of rotatable bonds is 5. The lowest BCUT2D eigenvalue weighted by atomic mass is 10.0. The van der Waals surface area contributed by atoms with Crippen LogP contribution in [0.4, 0.5) is 23.2 Å². The SMILES string of the molecule is N#CCc1cnc2c(NC(=O)c3cc(-c4ncccn4)c(C(F)(F)F)cc3F)c(-c3ccccc3)ccn12. The molecule has 5 aromatic rings. The van der Waals surface area contributed by atoms with E-state index in [1.807, 2.05) is 12.1 Å². The highest BCUT2D eigenvalue weighted by Gasteiger charge is 2.36. The molecule has 0 radical (unpaired) electrons.